The third kappa shape index (κ3) is 2.72. The maximum atomic E-state index is 8.80. The summed E-state index contributed by atoms with van der Waals surface area (Å²) >= 11 is 0. The monoisotopic (exact) mass is 230 g/mol. The number of piperidine rings is 1. The van der Waals surface area contributed by atoms with Gasteiger partial charge in [-0.25, -0.2) is 4.98 Å². The second-order valence-corrected chi connectivity index (χ2v) is 3.91. The highest BCUT2D eigenvalue weighted by molar-refractivity contribution is 5.41. The summed E-state index contributed by atoms with van der Waals surface area (Å²) in [7, 11) is 0. The highest BCUT2D eigenvalue weighted by Crippen LogP contribution is 2.19. The highest BCUT2D eigenvalue weighted by Gasteiger charge is 2.21. The van der Waals surface area contributed by atoms with Crippen LogP contribution in [0.3, 0.4) is 0 Å². The van der Waals surface area contributed by atoms with E-state index in [0.29, 0.717) is 5.69 Å². The topological polar surface area (TPSA) is 61.5 Å². The molecule has 0 saturated carbocycles. The predicted octanol–water partition coefficient (Wildman–Crippen LogP) is 1.55. The first-order chi connectivity index (χ1) is 8.33. The smallest absolute Gasteiger partial charge is 0.142 e. The van der Waals surface area contributed by atoms with Crippen LogP contribution < -0.4 is 4.90 Å². The first kappa shape index (κ1) is 11.4. The van der Waals surface area contributed by atoms with E-state index >= 15 is 0 Å². The quantitative estimate of drug-likeness (QED) is 0.584. The average Bonchev–Trinajstić information content (AvgIpc) is 2.40. The fraction of sp³-hybridized carbons (Fsp3) is 0.417. The largest absolute Gasteiger partial charge is 0.393 e. The molecule has 1 aliphatic heterocycles. The van der Waals surface area contributed by atoms with E-state index in [4.69, 9.17) is 10.1 Å². The highest BCUT2D eigenvalue weighted by atomic mass is 16.6. The minimum atomic E-state index is 0.155. The van der Waals surface area contributed by atoms with Crippen molar-refractivity contribution < 1.29 is 4.84 Å². The Balaban J connectivity index is 2.00. The Kier molecular flexibility index (Phi) is 3.55. The van der Waals surface area contributed by atoms with Gasteiger partial charge in [0.25, 0.3) is 0 Å². The molecule has 5 heteroatoms. The number of aromatic nitrogens is 1. The molecule has 0 aromatic carbocycles. The molecule has 1 aromatic rings. The molecule has 0 unspecified atom stereocenters. The van der Waals surface area contributed by atoms with E-state index in [0.717, 1.165) is 31.7 Å². The zero-order chi connectivity index (χ0) is 12.1. The van der Waals surface area contributed by atoms with Crippen molar-refractivity contribution in [2.24, 2.45) is 5.16 Å². The van der Waals surface area contributed by atoms with Crippen LogP contribution in [0.2, 0.25) is 0 Å². The van der Waals surface area contributed by atoms with E-state index in [-0.39, 0.29) is 6.10 Å². The molecule has 17 heavy (non-hydrogen) atoms. The van der Waals surface area contributed by atoms with Crippen molar-refractivity contribution in [1.29, 1.82) is 5.26 Å². The van der Waals surface area contributed by atoms with Gasteiger partial charge in [0.15, 0.2) is 0 Å². The lowest BCUT2D eigenvalue weighted by molar-refractivity contribution is 0.0438. The van der Waals surface area contributed by atoms with Crippen LogP contribution in [-0.4, -0.2) is 30.9 Å². The van der Waals surface area contributed by atoms with Gasteiger partial charge in [-0.2, -0.15) is 5.26 Å². The number of nitrogens with zero attached hydrogens (tertiary/aromatic N) is 4. The van der Waals surface area contributed by atoms with Crippen molar-refractivity contribution in [3.05, 3.63) is 23.9 Å². The Morgan fingerprint density at radius 3 is 2.88 bits per heavy atom. The maximum Gasteiger partial charge on any atom is 0.142 e. The number of hydrogen-bond acceptors (Lipinski definition) is 5. The van der Waals surface area contributed by atoms with Crippen LogP contribution in [-0.2, 0) is 4.84 Å². The first-order valence-corrected chi connectivity index (χ1v) is 5.57. The van der Waals surface area contributed by atoms with Gasteiger partial charge in [0.05, 0.1) is 0 Å². The van der Waals surface area contributed by atoms with Gasteiger partial charge in [-0.15, -0.1) is 5.16 Å². The summed E-state index contributed by atoms with van der Waals surface area (Å²) in [6.45, 7) is 5.05. The zero-order valence-corrected chi connectivity index (χ0v) is 9.54. The molecular formula is C12H14N4O. The number of hydrogen-bond donors (Lipinski definition) is 0. The second kappa shape index (κ2) is 5.30. The minimum Gasteiger partial charge on any atom is -0.393 e. The molecule has 1 aliphatic rings. The van der Waals surface area contributed by atoms with E-state index < -0.39 is 0 Å². The first-order valence-electron chi connectivity index (χ1n) is 5.57. The van der Waals surface area contributed by atoms with Gasteiger partial charge in [-0.3, -0.25) is 0 Å². The van der Waals surface area contributed by atoms with Gasteiger partial charge in [0, 0.05) is 32.6 Å². The molecule has 2 heterocycles. The van der Waals surface area contributed by atoms with Crippen molar-refractivity contribution in [1.82, 2.24) is 4.98 Å². The molecule has 1 fully saturated rings. The van der Waals surface area contributed by atoms with Crippen LogP contribution in [0.5, 0.6) is 0 Å². The summed E-state index contributed by atoms with van der Waals surface area (Å²) in [5, 5.41) is 12.3. The van der Waals surface area contributed by atoms with Crippen molar-refractivity contribution >= 4 is 12.5 Å². The van der Waals surface area contributed by atoms with Crippen LogP contribution in [0.15, 0.2) is 23.4 Å². The second-order valence-electron chi connectivity index (χ2n) is 3.91. The van der Waals surface area contributed by atoms with Crippen LogP contribution in [0, 0.1) is 11.3 Å². The summed E-state index contributed by atoms with van der Waals surface area (Å²) in [5.74, 6) is 0.856. The maximum absolute atomic E-state index is 8.80. The van der Waals surface area contributed by atoms with Gasteiger partial charge < -0.3 is 9.74 Å². The molecule has 0 spiro atoms. The van der Waals surface area contributed by atoms with Crippen molar-refractivity contribution in [2.45, 2.75) is 18.9 Å². The van der Waals surface area contributed by atoms with Crippen LogP contribution >= 0.6 is 0 Å². The number of rotatable bonds is 3. The minimum absolute atomic E-state index is 0.155. The van der Waals surface area contributed by atoms with Crippen molar-refractivity contribution in [3.8, 4) is 6.07 Å². The molecule has 0 aliphatic carbocycles. The average molecular weight is 230 g/mol. The van der Waals surface area contributed by atoms with E-state index in [1.54, 1.807) is 6.07 Å². The molecule has 0 N–H and O–H groups in total. The normalized spacial score (nSPS) is 16.3. The fourth-order valence-electron chi connectivity index (χ4n) is 1.96. The molecule has 0 amide bonds. The van der Waals surface area contributed by atoms with E-state index in [9.17, 15) is 0 Å². The van der Waals surface area contributed by atoms with Gasteiger partial charge in [0.2, 0.25) is 0 Å². The van der Waals surface area contributed by atoms with Gasteiger partial charge in [0.1, 0.15) is 23.7 Å². The van der Waals surface area contributed by atoms with Gasteiger partial charge in [-0.05, 0) is 12.1 Å². The molecule has 1 aromatic heterocycles. The number of pyridine rings is 1. The number of anilines is 1. The van der Waals surface area contributed by atoms with Gasteiger partial charge >= 0.3 is 0 Å². The van der Waals surface area contributed by atoms with E-state index in [1.807, 2.05) is 18.2 Å². The Morgan fingerprint density at radius 2 is 2.24 bits per heavy atom. The Hall–Kier alpha value is -2.09. The predicted molar refractivity (Wildman–Crippen MR) is 64.8 cm³/mol. The van der Waals surface area contributed by atoms with Crippen molar-refractivity contribution in [3.63, 3.8) is 0 Å². The zero-order valence-electron chi connectivity index (χ0n) is 9.54. The molecule has 5 nitrogen and oxygen atoms in total. The van der Waals surface area contributed by atoms with E-state index in [1.165, 1.54) is 0 Å². The summed E-state index contributed by atoms with van der Waals surface area (Å²) < 4.78 is 0. The number of oxime groups is 1. The molecule has 0 bridgehead atoms. The third-order valence-corrected chi connectivity index (χ3v) is 2.84. The lowest BCUT2D eigenvalue weighted by Gasteiger charge is -2.31. The summed E-state index contributed by atoms with van der Waals surface area (Å²) in [5.41, 5.74) is 0.452. The Morgan fingerprint density at radius 1 is 1.47 bits per heavy atom. The van der Waals surface area contributed by atoms with Gasteiger partial charge in [-0.1, -0.05) is 6.07 Å². The molecular weight excluding hydrogens is 216 g/mol. The Bertz CT molecular complexity index is 432. The summed E-state index contributed by atoms with van der Waals surface area (Å²) in [6.07, 6.45) is 1.96. The Labute approximate surface area is 100 Å². The summed E-state index contributed by atoms with van der Waals surface area (Å²) in [6, 6.07) is 7.54. The third-order valence-electron chi connectivity index (χ3n) is 2.84. The van der Waals surface area contributed by atoms with Crippen LogP contribution in [0.4, 0.5) is 5.82 Å². The SMILES string of the molecule is C=NOC1CCN(c2cccc(C#N)n2)CC1. The van der Waals surface area contributed by atoms with Crippen molar-refractivity contribution in [2.75, 3.05) is 18.0 Å². The molecule has 0 radical (unpaired) electrons. The molecule has 2 rings (SSSR count). The number of nitriles is 1. The van der Waals surface area contributed by atoms with Crippen LogP contribution in [0.25, 0.3) is 0 Å². The van der Waals surface area contributed by atoms with E-state index in [2.05, 4.69) is 21.8 Å². The molecule has 1 saturated heterocycles. The lowest BCUT2D eigenvalue weighted by atomic mass is 10.1. The fourth-order valence-corrected chi connectivity index (χ4v) is 1.96. The standard InChI is InChI=1S/C12H14N4O/c1-14-17-11-5-7-16(8-6-11)12-4-2-3-10(9-13)15-12/h2-4,11H,1,5-8H2. The lowest BCUT2D eigenvalue weighted by Crippen LogP contribution is -2.37. The van der Waals surface area contributed by atoms with Crippen LogP contribution in [0.1, 0.15) is 18.5 Å². The molecule has 0 atom stereocenters. The molecule has 88 valence electrons. The summed E-state index contributed by atoms with van der Waals surface area (Å²) in [4.78, 5) is 11.6.